The maximum atomic E-state index is 9.74. The van der Waals surface area contributed by atoms with Gasteiger partial charge in [-0.25, -0.2) is 9.97 Å². The highest BCUT2D eigenvalue weighted by molar-refractivity contribution is 7.21. The number of nitrogens with zero attached hydrogens (tertiary/aromatic N) is 3. The van der Waals surface area contributed by atoms with Crippen LogP contribution in [0.25, 0.3) is 20.8 Å². The van der Waals surface area contributed by atoms with Gasteiger partial charge in [-0.2, -0.15) is 4.98 Å². The first-order valence-electron chi connectivity index (χ1n) is 10.4. The highest BCUT2D eigenvalue weighted by Crippen LogP contribution is 2.45. The van der Waals surface area contributed by atoms with Gasteiger partial charge in [0.1, 0.15) is 16.0 Å². The molecule has 3 N–H and O–H groups in total. The lowest BCUT2D eigenvalue weighted by Gasteiger charge is -2.33. The fourth-order valence-electron chi connectivity index (χ4n) is 4.19. The number of fused-ring (bicyclic) bond motifs is 1. The van der Waals surface area contributed by atoms with Crippen molar-refractivity contribution in [3.05, 3.63) is 29.4 Å². The van der Waals surface area contributed by atoms with Crippen LogP contribution in [0.15, 0.2) is 24.3 Å². The molecule has 1 aromatic carbocycles. The summed E-state index contributed by atoms with van der Waals surface area (Å²) in [6, 6.07) is 8.22. The number of rotatable bonds is 6. The third-order valence-electron chi connectivity index (χ3n) is 6.18. The molecule has 1 aliphatic rings. The van der Waals surface area contributed by atoms with E-state index in [0.717, 1.165) is 33.6 Å². The van der Waals surface area contributed by atoms with Crippen molar-refractivity contribution in [2.75, 3.05) is 17.2 Å². The van der Waals surface area contributed by atoms with Gasteiger partial charge in [-0.1, -0.05) is 30.7 Å². The average molecular weight is 446 g/mol. The Balaban J connectivity index is 1.81. The molecule has 1 saturated carbocycles. The normalized spacial score (nSPS) is 24.0. The molecule has 1 fully saturated rings. The molecule has 0 saturated heterocycles. The molecule has 30 heavy (non-hydrogen) atoms. The first-order chi connectivity index (χ1) is 14.3. The van der Waals surface area contributed by atoms with E-state index in [1.165, 1.54) is 0 Å². The van der Waals surface area contributed by atoms with Gasteiger partial charge < -0.3 is 15.7 Å². The van der Waals surface area contributed by atoms with Crippen LogP contribution in [0.1, 0.15) is 40.5 Å². The minimum Gasteiger partial charge on any atom is -0.396 e. The molecule has 8 heteroatoms. The number of thiazole rings is 1. The number of aliphatic hydroxyl groups excluding tert-OH is 1. The van der Waals surface area contributed by atoms with E-state index in [4.69, 9.17) is 21.6 Å². The minimum absolute atomic E-state index is 0.182. The highest BCUT2D eigenvalue weighted by Gasteiger charge is 2.43. The maximum absolute atomic E-state index is 9.74. The van der Waals surface area contributed by atoms with Gasteiger partial charge in [-0.3, -0.25) is 0 Å². The van der Waals surface area contributed by atoms with Gasteiger partial charge in [0.25, 0.3) is 0 Å². The predicted octanol–water partition coefficient (Wildman–Crippen LogP) is 5.44. The summed E-state index contributed by atoms with van der Waals surface area (Å²) in [5.74, 6) is 1.75. The zero-order valence-electron chi connectivity index (χ0n) is 17.7. The summed E-state index contributed by atoms with van der Waals surface area (Å²) in [7, 11) is 0. The van der Waals surface area contributed by atoms with E-state index >= 15 is 0 Å². The molecule has 0 bridgehead atoms. The summed E-state index contributed by atoms with van der Waals surface area (Å²) in [4.78, 5) is 14.1. The monoisotopic (exact) mass is 445 g/mol. The summed E-state index contributed by atoms with van der Waals surface area (Å²) in [6.45, 7) is 8.67. The van der Waals surface area contributed by atoms with E-state index in [2.05, 4.69) is 35.5 Å². The number of benzene rings is 1. The van der Waals surface area contributed by atoms with E-state index in [1.807, 2.05) is 32.0 Å². The molecular weight excluding hydrogens is 418 g/mol. The van der Waals surface area contributed by atoms with Gasteiger partial charge in [-0.05, 0) is 57.6 Å². The van der Waals surface area contributed by atoms with E-state index in [0.29, 0.717) is 22.8 Å². The van der Waals surface area contributed by atoms with Crippen molar-refractivity contribution < 1.29 is 5.11 Å². The van der Waals surface area contributed by atoms with Crippen LogP contribution in [-0.2, 0) is 0 Å². The molecule has 2 aromatic heterocycles. The number of para-hydroxylation sites is 1. The maximum Gasteiger partial charge on any atom is 0.226 e. The summed E-state index contributed by atoms with van der Waals surface area (Å²) < 4.78 is 1.10. The van der Waals surface area contributed by atoms with Gasteiger partial charge in [0.05, 0.1) is 15.8 Å². The standard InChI is InChI=1S/C22H28ClN5OS/c1-12(2)24-21-26-18(23)17(20-25-15-7-5-6-8-16(15)30-20)19(27-21)28-22(4)10-9-14(11-29)13(22)3/h5-8,12-14,29H,9-11H2,1-4H3,(H2,24,26,27,28). The van der Waals surface area contributed by atoms with E-state index in [-0.39, 0.29) is 24.1 Å². The number of hydrogen-bond donors (Lipinski definition) is 3. The molecule has 4 rings (SSSR count). The Labute approximate surface area is 186 Å². The molecule has 3 aromatic rings. The quantitative estimate of drug-likeness (QED) is 0.438. The number of aromatic nitrogens is 3. The topological polar surface area (TPSA) is 83.0 Å². The molecule has 3 atom stereocenters. The van der Waals surface area contributed by atoms with Crippen LogP contribution in [0, 0.1) is 11.8 Å². The first kappa shape index (κ1) is 21.3. The van der Waals surface area contributed by atoms with E-state index in [9.17, 15) is 5.11 Å². The minimum atomic E-state index is -0.203. The second kappa shape index (κ2) is 8.29. The Morgan fingerprint density at radius 2 is 2.03 bits per heavy atom. The van der Waals surface area contributed by atoms with Crippen molar-refractivity contribution in [3.8, 4) is 10.6 Å². The van der Waals surface area contributed by atoms with Crippen molar-refractivity contribution in [1.82, 2.24) is 15.0 Å². The highest BCUT2D eigenvalue weighted by atomic mass is 35.5. The Hall–Kier alpha value is -1.96. The molecule has 0 amide bonds. The molecule has 0 aliphatic heterocycles. The summed E-state index contributed by atoms with van der Waals surface area (Å²) in [6.07, 6.45) is 1.93. The first-order valence-corrected chi connectivity index (χ1v) is 11.6. The third kappa shape index (κ3) is 3.98. The molecular formula is C22H28ClN5OS. The van der Waals surface area contributed by atoms with Crippen molar-refractivity contribution in [2.45, 2.75) is 52.1 Å². The Bertz CT molecular complexity index is 1020. The molecule has 3 unspecified atom stereocenters. The van der Waals surface area contributed by atoms with E-state index in [1.54, 1.807) is 11.3 Å². The molecule has 6 nitrogen and oxygen atoms in total. The molecule has 160 valence electrons. The van der Waals surface area contributed by atoms with E-state index < -0.39 is 0 Å². The van der Waals surface area contributed by atoms with Gasteiger partial charge >= 0.3 is 0 Å². The molecule has 0 radical (unpaired) electrons. The van der Waals surface area contributed by atoms with Crippen LogP contribution in [0.3, 0.4) is 0 Å². The van der Waals surface area contributed by atoms with Crippen molar-refractivity contribution in [2.24, 2.45) is 11.8 Å². The lowest BCUT2D eigenvalue weighted by molar-refractivity contribution is 0.187. The second-order valence-electron chi connectivity index (χ2n) is 8.66. The molecule has 1 aliphatic carbocycles. The number of anilines is 2. The second-order valence-corrected chi connectivity index (χ2v) is 10.0. The van der Waals surface area contributed by atoms with Crippen LogP contribution in [0.4, 0.5) is 11.8 Å². The van der Waals surface area contributed by atoms with Crippen LogP contribution in [0.2, 0.25) is 5.15 Å². The Kier molecular flexibility index (Phi) is 5.88. The lowest BCUT2D eigenvalue weighted by atomic mass is 9.86. The van der Waals surface area contributed by atoms with Gasteiger partial charge in [-0.15, -0.1) is 11.3 Å². The number of aliphatic hydroxyl groups is 1. The molecule has 0 spiro atoms. The fraction of sp³-hybridized carbons (Fsp3) is 0.500. The number of halogens is 1. The van der Waals surface area contributed by atoms with Crippen molar-refractivity contribution >= 4 is 44.9 Å². The van der Waals surface area contributed by atoms with Crippen LogP contribution in [0.5, 0.6) is 0 Å². The number of hydrogen-bond acceptors (Lipinski definition) is 7. The number of nitrogens with one attached hydrogen (secondary N) is 2. The van der Waals surface area contributed by atoms with Crippen molar-refractivity contribution in [1.29, 1.82) is 0 Å². The fourth-order valence-corrected chi connectivity index (χ4v) is 5.52. The Morgan fingerprint density at radius 1 is 1.27 bits per heavy atom. The van der Waals surface area contributed by atoms with Crippen LogP contribution in [-0.4, -0.2) is 38.2 Å². The Morgan fingerprint density at radius 3 is 2.70 bits per heavy atom. The summed E-state index contributed by atoms with van der Waals surface area (Å²) in [5, 5.41) is 17.9. The molecule has 2 heterocycles. The summed E-state index contributed by atoms with van der Waals surface area (Å²) >= 11 is 8.28. The predicted molar refractivity (Wildman–Crippen MR) is 125 cm³/mol. The SMILES string of the molecule is CC(C)Nc1nc(Cl)c(-c2nc3ccccc3s2)c(NC2(C)CCC(CO)C2C)n1. The van der Waals surface area contributed by atoms with Crippen LogP contribution < -0.4 is 10.6 Å². The van der Waals surface area contributed by atoms with Gasteiger partial charge in [0.15, 0.2) is 0 Å². The van der Waals surface area contributed by atoms with Crippen molar-refractivity contribution in [3.63, 3.8) is 0 Å². The van der Waals surface area contributed by atoms with Gasteiger partial charge in [0.2, 0.25) is 5.95 Å². The van der Waals surface area contributed by atoms with Crippen LogP contribution >= 0.6 is 22.9 Å². The lowest BCUT2D eigenvalue weighted by Crippen LogP contribution is -2.40. The summed E-state index contributed by atoms with van der Waals surface area (Å²) in [5.41, 5.74) is 1.46. The smallest absolute Gasteiger partial charge is 0.226 e. The average Bonchev–Trinajstić information content (AvgIpc) is 3.22. The third-order valence-corrected chi connectivity index (χ3v) is 7.50. The zero-order chi connectivity index (χ0) is 21.5. The largest absolute Gasteiger partial charge is 0.396 e. The van der Waals surface area contributed by atoms with Gasteiger partial charge in [0, 0.05) is 18.2 Å². The zero-order valence-corrected chi connectivity index (χ0v) is 19.3.